The molecule has 0 radical (unpaired) electrons. The third-order valence-corrected chi connectivity index (χ3v) is 4.10. The Labute approximate surface area is 145 Å². The van der Waals surface area contributed by atoms with Crippen LogP contribution >= 0.6 is 0 Å². The van der Waals surface area contributed by atoms with Gasteiger partial charge in [-0.1, -0.05) is 5.16 Å². The van der Waals surface area contributed by atoms with Gasteiger partial charge in [-0.2, -0.15) is 0 Å². The smallest absolute Gasteiger partial charge is 0.259 e. The van der Waals surface area contributed by atoms with Crippen molar-refractivity contribution in [2.75, 3.05) is 13.1 Å². The second kappa shape index (κ2) is 7.06. The molecule has 3 aromatic rings. The minimum absolute atomic E-state index is 0.171. The monoisotopic (exact) mass is 342 g/mol. The van der Waals surface area contributed by atoms with Gasteiger partial charge in [0.1, 0.15) is 11.5 Å². The van der Waals surface area contributed by atoms with Crippen LogP contribution < -0.4 is 11.1 Å². The topological polar surface area (TPSA) is 107 Å². The first-order valence-corrected chi connectivity index (χ1v) is 8.34. The third kappa shape index (κ3) is 3.41. The van der Waals surface area contributed by atoms with E-state index in [1.165, 1.54) is 0 Å². The Morgan fingerprint density at radius 1 is 1.24 bits per heavy atom. The van der Waals surface area contributed by atoms with Crippen molar-refractivity contribution in [3.8, 4) is 11.3 Å². The molecule has 132 valence electrons. The molecule has 25 heavy (non-hydrogen) atoms. The number of nitrogens with zero attached hydrogens (tertiary/aromatic N) is 2. The zero-order valence-corrected chi connectivity index (χ0v) is 14.7. The zero-order valence-electron chi connectivity index (χ0n) is 14.7. The lowest BCUT2D eigenvalue weighted by molar-refractivity contribution is 0.0954. The summed E-state index contributed by atoms with van der Waals surface area (Å²) in [5.41, 5.74) is 8.45. The molecule has 0 atom stereocenters. The summed E-state index contributed by atoms with van der Waals surface area (Å²) in [5, 5.41) is 7.52. The van der Waals surface area contributed by atoms with E-state index in [-0.39, 0.29) is 5.91 Å². The van der Waals surface area contributed by atoms with E-state index in [0.29, 0.717) is 41.1 Å². The lowest BCUT2D eigenvalue weighted by Crippen LogP contribution is -2.25. The van der Waals surface area contributed by atoms with Gasteiger partial charge in [0.25, 0.3) is 11.6 Å². The predicted molar refractivity (Wildman–Crippen MR) is 94.3 cm³/mol. The summed E-state index contributed by atoms with van der Waals surface area (Å²) in [7, 11) is 0. The minimum Gasteiger partial charge on any atom is -0.466 e. The number of hydrogen-bond donors (Lipinski definition) is 2. The van der Waals surface area contributed by atoms with Crippen molar-refractivity contribution in [3.05, 3.63) is 34.9 Å². The lowest BCUT2D eigenvalue weighted by Gasteiger charge is -2.07. The number of furan rings is 1. The van der Waals surface area contributed by atoms with Crippen molar-refractivity contribution in [2.45, 2.75) is 33.6 Å². The van der Waals surface area contributed by atoms with Crippen LogP contribution in [0.5, 0.6) is 0 Å². The van der Waals surface area contributed by atoms with E-state index < -0.39 is 0 Å². The molecule has 7 nitrogen and oxygen atoms in total. The molecule has 0 aliphatic heterocycles. The minimum atomic E-state index is -0.171. The number of pyridine rings is 1. The van der Waals surface area contributed by atoms with E-state index in [1.54, 1.807) is 13.0 Å². The lowest BCUT2D eigenvalue weighted by atomic mass is 10.1. The van der Waals surface area contributed by atoms with Gasteiger partial charge in [-0.25, -0.2) is 4.98 Å². The number of carbonyl (C=O) groups excluding carboxylic acids is 1. The van der Waals surface area contributed by atoms with Gasteiger partial charge in [0.05, 0.1) is 22.3 Å². The van der Waals surface area contributed by atoms with Crippen LogP contribution in [0.1, 0.15) is 40.4 Å². The number of unbranched alkanes of at least 4 members (excludes halogenated alkanes) is 1. The molecule has 0 fully saturated rings. The first-order valence-electron chi connectivity index (χ1n) is 8.34. The van der Waals surface area contributed by atoms with E-state index >= 15 is 0 Å². The van der Waals surface area contributed by atoms with Gasteiger partial charge in [-0.15, -0.1) is 0 Å². The van der Waals surface area contributed by atoms with Crippen LogP contribution in [0.2, 0.25) is 0 Å². The number of nitrogens with one attached hydrogen (secondary N) is 1. The van der Waals surface area contributed by atoms with Gasteiger partial charge in [-0.3, -0.25) is 4.79 Å². The fraction of sp³-hybridized carbons (Fsp3) is 0.389. The second-order valence-electron chi connectivity index (χ2n) is 6.08. The molecule has 0 aromatic carbocycles. The number of rotatable bonds is 6. The quantitative estimate of drug-likeness (QED) is 0.667. The Morgan fingerprint density at radius 3 is 2.72 bits per heavy atom. The molecule has 0 aliphatic carbocycles. The van der Waals surface area contributed by atoms with Crippen LogP contribution in [-0.2, 0) is 0 Å². The summed E-state index contributed by atoms with van der Waals surface area (Å²) in [6, 6.07) is 3.66. The average Bonchev–Trinajstić information content (AvgIpc) is 3.12. The first kappa shape index (κ1) is 17.2. The van der Waals surface area contributed by atoms with Crippen LogP contribution in [0.25, 0.3) is 22.4 Å². The summed E-state index contributed by atoms with van der Waals surface area (Å²) < 4.78 is 10.9. The standard InChI is InChI=1S/C18H22N4O3/c1-10-8-13(12(3)24-10)15-9-14(17(23)20-7-5-4-6-19)16-11(2)22-25-18(16)21-15/h8-9H,4-7,19H2,1-3H3,(H,20,23). The summed E-state index contributed by atoms with van der Waals surface area (Å²) in [4.78, 5) is 17.2. The largest absolute Gasteiger partial charge is 0.466 e. The molecule has 3 rings (SSSR count). The first-order chi connectivity index (χ1) is 12.0. The molecular formula is C18H22N4O3. The molecule has 0 unspecified atom stereocenters. The highest BCUT2D eigenvalue weighted by Crippen LogP contribution is 2.30. The average molecular weight is 342 g/mol. The van der Waals surface area contributed by atoms with Gasteiger partial charge in [0.15, 0.2) is 0 Å². The summed E-state index contributed by atoms with van der Waals surface area (Å²) >= 11 is 0. The number of amides is 1. The van der Waals surface area contributed by atoms with E-state index in [9.17, 15) is 4.79 Å². The van der Waals surface area contributed by atoms with Crippen LogP contribution in [-0.4, -0.2) is 29.1 Å². The number of carbonyl (C=O) groups is 1. The van der Waals surface area contributed by atoms with Crippen LogP contribution in [0.4, 0.5) is 0 Å². The summed E-state index contributed by atoms with van der Waals surface area (Å²) in [6.45, 7) is 6.73. The summed E-state index contributed by atoms with van der Waals surface area (Å²) in [6.07, 6.45) is 1.71. The van der Waals surface area contributed by atoms with Gasteiger partial charge < -0.3 is 20.0 Å². The Balaban J connectivity index is 2.02. The number of aryl methyl sites for hydroxylation is 3. The number of nitrogens with two attached hydrogens (primary N) is 1. The molecular weight excluding hydrogens is 320 g/mol. The molecule has 0 aliphatic rings. The van der Waals surface area contributed by atoms with Crippen molar-refractivity contribution in [3.63, 3.8) is 0 Å². The van der Waals surface area contributed by atoms with Gasteiger partial charge in [0, 0.05) is 12.1 Å². The fourth-order valence-electron chi connectivity index (χ4n) is 2.86. The Bertz CT molecular complexity index is 911. The number of fused-ring (bicyclic) bond motifs is 1. The van der Waals surface area contributed by atoms with E-state index in [4.69, 9.17) is 14.7 Å². The molecule has 0 bridgehead atoms. The van der Waals surface area contributed by atoms with Crippen molar-refractivity contribution < 1.29 is 13.7 Å². The SMILES string of the molecule is Cc1cc(-c2cc(C(=O)NCCCCN)c3c(C)noc3n2)c(C)o1. The summed E-state index contributed by atoms with van der Waals surface area (Å²) in [5.74, 6) is 1.36. The second-order valence-corrected chi connectivity index (χ2v) is 6.08. The predicted octanol–water partition coefficient (Wildman–Crippen LogP) is 2.88. The molecule has 3 aromatic heterocycles. The highest BCUT2D eigenvalue weighted by molar-refractivity contribution is 6.07. The number of hydrogen-bond acceptors (Lipinski definition) is 6. The highest BCUT2D eigenvalue weighted by atomic mass is 16.5. The normalized spacial score (nSPS) is 11.2. The van der Waals surface area contributed by atoms with Gasteiger partial charge in [0.2, 0.25) is 0 Å². The maximum Gasteiger partial charge on any atom is 0.259 e. The van der Waals surface area contributed by atoms with Crippen LogP contribution in [0.15, 0.2) is 21.1 Å². The fourth-order valence-corrected chi connectivity index (χ4v) is 2.86. The Hall–Kier alpha value is -2.67. The maximum atomic E-state index is 12.7. The molecule has 0 saturated heterocycles. The molecule has 0 spiro atoms. The molecule has 0 saturated carbocycles. The van der Waals surface area contributed by atoms with E-state index in [1.807, 2.05) is 19.9 Å². The van der Waals surface area contributed by atoms with Crippen molar-refractivity contribution in [2.24, 2.45) is 5.73 Å². The number of aromatic nitrogens is 2. The zero-order chi connectivity index (χ0) is 18.0. The van der Waals surface area contributed by atoms with Crippen molar-refractivity contribution in [1.82, 2.24) is 15.5 Å². The Kier molecular flexibility index (Phi) is 4.85. The van der Waals surface area contributed by atoms with Crippen LogP contribution in [0.3, 0.4) is 0 Å². The molecule has 3 heterocycles. The maximum absolute atomic E-state index is 12.7. The third-order valence-electron chi connectivity index (χ3n) is 4.10. The van der Waals surface area contributed by atoms with E-state index in [0.717, 1.165) is 29.9 Å². The van der Waals surface area contributed by atoms with Gasteiger partial charge >= 0.3 is 0 Å². The highest BCUT2D eigenvalue weighted by Gasteiger charge is 2.20. The molecule has 1 amide bonds. The van der Waals surface area contributed by atoms with Crippen LogP contribution in [0, 0.1) is 20.8 Å². The molecule has 7 heteroatoms. The van der Waals surface area contributed by atoms with Crippen molar-refractivity contribution >= 4 is 17.0 Å². The molecule has 3 N–H and O–H groups in total. The van der Waals surface area contributed by atoms with E-state index in [2.05, 4.69) is 15.5 Å². The van der Waals surface area contributed by atoms with Crippen molar-refractivity contribution in [1.29, 1.82) is 0 Å². The Morgan fingerprint density at radius 2 is 2.04 bits per heavy atom. The van der Waals surface area contributed by atoms with Gasteiger partial charge in [-0.05, 0) is 52.3 Å².